The third kappa shape index (κ3) is 2.99. The summed E-state index contributed by atoms with van der Waals surface area (Å²) in [7, 11) is 1.77. The lowest BCUT2D eigenvalue weighted by atomic mass is 10.0. The summed E-state index contributed by atoms with van der Waals surface area (Å²) in [6, 6.07) is 9.09. The lowest BCUT2D eigenvalue weighted by molar-refractivity contribution is 0.191. The second-order valence-corrected chi connectivity index (χ2v) is 7.07. The highest BCUT2D eigenvalue weighted by Crippen LogP contribution is 2.41. The van der Waals surface area contributed by atoms with Gasteiger partial charge in [0.25, 0.3) is 0 Å². The molecule has 1 aliphatic heterocycles. The van der Waals surface area contributed by atoms with Crippen molar-refractivity contribution in [2.24, 2.45) is 0 Å². The Kier molecular flexibility index (Phi) is 5.50. The van der Waals surface area contributed by atoms with E-state index in [-0.39, 0.29) is 29.9 Å². The summed E-state index contributed by atoms with van der Waals surface area (Å²) in [6.45, 7) is 4.31. The molecule has 2 heterocycles. The van der Waals surface area contributed by atoms with Gasteiger partial charge in [0.15, 0.2) is 11.6 Å². The van der Waals surface area contributed by atoms with Crippen LogP contribution in [-0.2, 0) is 0 Å². The van der Waals surface area contributed by atoms with Gasteiger partial charge in [-0.15, -0.1) is 12.4 Å². The first-order chi connectivity index (χ1) is 12.9. The maximum Gasteiger partial charge on any atom is 0.330 e. The number of imidazole rings is 1. The molecular formula is C20H22ClF2N3O2. The zero-order chi connectivity index (χ0) is 19.3. The standard InChI is InChI=1S/C20H21F2N3O2.ClH/c1-11(2)24-15-6-4-5-7-16(15)25(20(24)26)19-12-8-13(21)14(22)9-17(12)27-18(19)10-23-3;/h4-9,11,18-19,23H,10H2,1-3H3;1H. The van der Waals surface area contributed by atoms with Crippen LogP contribution in [0.3, 0.4) is 0 Å². The average molecular weight is 410 g/mol. The zero-order valence-corrected chi connectivity index (χ0v) is 16.6. The van der Waals surface area contributed by atoms with E-state index in [1.165, 1.54) is 0 Å². The van der Waals surface area contributed by atoms with E-state index in [0.29, 0.717) is 12.1 Å². The van der Waals surface area contributed by atoms with Crippen molar-refractivity contribution < 1.29 is 13.5 Å². The van der Waals surface area contributed by atoms with Gasteiger partial charge in [-0.2, -0.15) is 0 Å². The van der Waals surface area contributed by atoms with E-state index in [1.54, 1.807) is 16.2 Å². The second kappa shape index (κ2) is 7.56. The highest BCUT2D eigenvalue weighted by Gasteiger charge is 2.39. The molecule has 5 nitrogen and oxygen atoms in total. The second-order valence-electron chi connectivity index (χ2n) is 7.07. The number of rotatable bonds is 4. The maximum atomic E-state index is 14.0. The number of nitrogens with zero attached hydrogens (tertiary/aromatic N) is 2. The molecule has 3 aromatic rings. The van der Waals surface area contributed by atoms with Crippen molar-refractivity contribution in [2.75, 3.05) is 13.6 Å². The number of aromatic nitrogens is 2. The number of halogens is 3. The Hall–Kier alpha value is -2.38. The van der Waals surface area contributed by atoms with Crippen molar-refractivity contribution in [3.8, 4) is 5.75 Å². The van der Waals surface area contributed by atoms with Crippen LogP contribution in [0.4, 0.5) is 8.78 Å². The fourth-order valence-corrected chi connectivity index (χ4v) is 3.93. The van der Waals surface area contributed by atoms with Crippen LogP contribution in [0.1, 0.15) is 31.5 Å². The summed E-state index contributed by atoms with van der Waals surface area (Å²) >= 11 is 0. The van der Waals surface area contributed by atoms with Crippen LogP contribution < -0.4 is 15.7 Å². The predicted molar refractivity (Wildman–Crippen MR) is 107 cm³/mol. The first-order valence-corrected chi connectivity index (χ1v) is 8.95. The number of nitrogens with one attached hydrogen (secondary N) is 1. The van der Waals surface area contributed by atoms with Crippen LogP contribution >= 0.6 is 12.4 Å². The van der Waals surface area contributed by atoms with Crippen molar-refractivity contribution in [1.82, 2.24) is 14.5 Å². The van der Waals surface area contributed by atoms with Crippen molar-refractivity contribution in [3.63, 3.8) is 0 Å². The third-order valence-corrected chi connectivity index (χ3v) is 5.01. The number of ether oxygens (including phenoxy) is 1. The Morgan fingerprint density at radius 3 is 2.43 bits per heavy atom. The van der Waals surface area contributed by atoms with Gasteiger partial charge in [-0.05, 0) is 39.1 Å². The van der Waals surface area contributed by atoms with Crippen molar-refractivity contribution in [1.29, 1.82) is 0 Å². The van der Waals surface area contributed by atoms with Gasteiger partial charge in [0.1, 0.15) is 17.9 Å². The Bertz CT molecular complexity index is 1080. The fraction of sp³-hybridized carbons (Fsp3) is 0.350. The minimum Gasteiger partial charge on any atom is -0.486 e. The van der Waals surface area contributed by atoms with Gasteiger partial charge in [-0.1, -0.05) is 12.1 Å². The van der Waals surface area contributed by atoms with E-state index in [9.17, 15) is 13.6 Å². The molecule has 1 N–H and O–H groups in total. The number of hydrogen-bond donors (Lipinski definition) is 1. The summed E-state index contributed by atoms with van der Waals surface area (Å²) in [5.74, 6) is -1.64. The Morgan fingerprint density at radius 1 is 1.14 bits per heavy atom. The minimum atomic E-state index is -0.963. The number of fused-ring (bicyclic) bond motifs is 2. The Balaban J connectivity index is 0.00000225. The van der Waals surface area contributed by atoms with E-state index in [2.05, 4.69) is 5.32 Å². The van der Waals surface area contributed by atoms with E-state index < -0.39 is 23.8 Å². The molecule has 8 heteroatoms. The smallest absolute Gasteiger partial charge is 0.330 e. The van der Waals surface area contributed by atoms with E-state index in [1.807, 2.05) is 38.1 Å². The van der Waals surface area contributed by atoms with Crippen molar-refractivity contribution in [3.05, 3.63) is 64.1 Å². The zero-order valence-electron chi connectivity index (χ0n) is 15.8. The normalized spacial score (nSPS) is 18.2. The lowest BCUT2D eigenvalue weighted by Crippen LogP contribution is -2.38. The number of hydrogen-bond acceptors (Lipinski definition) is 3. The van der Waals surface area contributed by atoms with Crippen LogP contribution in [0.5, 0.6) is 5.75 Å². The van der Waals surface area contributed by atoms with Crippen LogP contribution in [0.2, 0.25) is 0 Å². The van der Waals surface area contributed by atoms with Crippen LogP contribution in [0.15, 0.2) is 41.2 Å². The summed E-state index contributed by atoms with van der Waals surface area (Å²) < 4.78 is 36.9. The molecule has 0 saturated heterocycles. The predicted octanol–water partition coefficient (Wildman–Crippen LogP) is 3.65. The van der Waals surface area contributed by atoms with E-state index >= 15 is 0 Å². The monoisotopic (exact) mass is 409 g/mol. The van der Waals surface area contributed by atoms with E-state index in [0.717, 1.165) is 23.2 Å². The molecular weight excluding hydrogens is 388 g/mol. The molecule has 0 saturated carbocycles. The molecule has 2 aromatic carbocycles. The first-order valence-electron chi connectivity index (χ1n) is 8.95. The lowest BCUT2D eigenvalue weighted by Gasteiger charge is -2.20. The maximum absolute atomic E-state index is 14.0. The molecule has 0 fully saturated rings. The quantitative estimate of drug-likeness (QED) is 0.715. The third-order valence-electron chi connectivity index (χ3n) is 5.01. The van der Waals surface area contributed by atoms with E-state index in [4.69, 9.17) is 4.74 Å². The molecule has 4 rings (SSSR count). The SMILES string of the molecule is CNCC1Oc2cc(F)c(F)cc2C1n1c(=O)n(C(C)C)c2ccccc21.Cl. The Morgan fingerprint density at radius 2 is 1.79 bits per heavy atom. The Labute approximate surface area is 167 Å². The molecule has 0 radical (unpaired) electrons. The summed E-state index contributed by atoms with van der Waals surface area (Å²) in [6.07, 6.45) is -0.463. The van der Waals surface area contributed by atoms with Crippen LogP contribution in [0, 0.1) is 11.6 Å². The topological polar surface area (TPSA) is 48.2 Å². The molecule has 1 aromatic heterocycles. The van der Waals surface area contributed by atoms with Crippen LogP contribution in [0.25, 0.3) is 11.0 Å². The van der Waals surface area contributed by atoms with Gasteiger partial charge in [0.05, 0.1) is 11.0 Å². The fourth-order valence-electron chi connectivity index (χ4n) is 3.93. The van der Waals surface area contributed by atoms with Crippen molar-refractivity contribution >= 4 is 23.4 Å². The van der Waals surface area contributed by atoms with Gasteiger partial charge < -0.3 is 10.1 Å². The minimum absolute atomic E-state index is 0. The molecule has 1 aliphatic rings. The highest BCUT2D eigenvalue weighted by atomic mass is 35.5. The number of benzene rings is 2. The van der Waals surface area contributed by atoms with Crippen molar-refractivity contribution in [2.45, 2.75) is 32.0 Å². The molecule has 0 spiro atoms. The van der Waals surface area contributed by atoms with Gasteiger partial charge >= 0.3 is 5.69 Å². The van der Waals surface area contributed by atoms with Crippen LogP contribution in [-0.4, -0.2) is 28.8 Å². The van der Waals surface area contributed by atoms with Gasteiger partial charge in [-0.25, -0.2) is 13.6 Å². The largest absolute Gasteiger partial charge is 0.486 e. The molecule has 28 heavy (non-hydrogen) atoms. The summed E-state index contributed by atoms with van der Waals surface area (Å²) in [5, 5.41) is 3.04. The highest BCUT2D eigenvalue weighted by molar-refractivity contribution is 5.85. The number of para-hydroxylation sites is 2. The van der Waals surface area contributed by atoms with Gasteiger partial charge in [-0.3, -0.25) is 9.13 Å². The number of likely N-dealkylation sites (N-methyl/N-ethyl adjacent to an activating group) is 1. The average Bonchev–Trinajstić information content (AvgIpc) is 3.09. The molecule has 150 valence electrons. The molecule has 0 bridgehead atoms. The van der Waals surface area contributed by atoms with Gasteiger partial charge in [0, 0.05) is 24.2 Å². The molecule has 0 amide bonds. The molecule has 0 aliphatic carbocycles. The molecule has 2 unspecified atom stereocenters. The molecule has 2 atom stereocenters. The van der Waals surface area contributed by atoms with Gasteiger partial charge in [0.2, 0.25) is 0 Å². The summed E-state index contributed by atoms with van der Waals surface area (Å²) in [4.78, 5) is 13.3. The summed E-state index contributed by atoms with van der Waals surface area (Å²) in [5.41, 5.74) is 1.82. The first kappa shape index (κ1) is 20.4.